The van der Waals surface area contributed by atoms with Gasteiger partial charge in [0.15, 0.2) is 0 Å². The summed E-state index contributed by atoms with van der Waals surface area (Å²) in [5, 5.41) is 0. The molecule has 2 rings (SSSR count). The number of hydrogen-bond donors (Lipinski definition) is 0. The molecule has 0 bridgehead atoms. The normalized spacial score (nSPS) is 21.0. The Morgan fingerprint density at radius 3 is 2.23 bits per heavy atom. The topological polar surface area (TPSA) is 0 Å². The van der Waals surface area contributed by atoms with Gasteiger partial charge < -0.3 is 0 Å². The zero-order valence-corrected chi connectivity index (χ0v) is 15.0. The van der Waals surface area contributed by atoms with Crippen LogP contribution in [0.5, 0.6) is 0 Å². The second kappa shape index (κ2) is 10.7. The van der Waals surface area contributed by atoms with Crippen molar-refractivity contribution in [2.45, 2.75) is 64.2 Å². The third kappa shape index (κ3) is 6.40. The highest BCUT2D eigenvalue weighted by Crippen LogP contribution is 2.33. The third-order valence-electron chi connectivity index (χ3n) is 5.25. The summed E-state index contributed by atoms with van der Waals surface area (Å²) < 4.78 is 64.4. The Hall–Kier alpha value is -1.39. The third-order valence-corrected chi connectivity index (χ3v) is 5.25. The summed E-state index contributed by atoms with van der Waals surface area (Å²) in [6.07, 6.45) is 9.34. The smallest absolute Gasteiger partial charge is 0.251 e. The first-order valence-electron chi connectivity index (χ1n) is 9.49. The molecule has 0 amide bonds. The predicted molar refractivity (Wildman–Crippen MR) is 94.1 cm³/mol. The summed E-state index contributed by atoms with van der Waals surface area (Å²) in [5.41, 5.74) is -0.688. The highest BCUT2D eigenvalue weighted by atomic mass is 19.3. The Balaban J connectivity index is 1.75. The average molecular weight is 374 g/mol. The van der Waals surface area contributed by atoms with Gasteiger partial charge in [-0.05, 0) is 87.3 Å². The Kier molecular flexibility index (Phi) is 8.60. The fourth-order valence-corrected chi connectivity index (χ4v) is 3.68. The number of hydrogen-bond acceptors (Lipinski definition) is 0. The average Bonchev–Trinajstić information content (AvgIpc) is 2.60. The number of allylic oxidation sites excluding steroid dienone is 2. The van der Waals surface area contributed by atoms with Gasteiger partial charge in [0, 0.05) is 0 Å². The molecule has 1 aromatic carbocycles. The van der Waals surface area contributed by atoms with Crippen LogP contribution in [0.3, 0.4) is 0 Å². The summed E-state index contributed by atoms with van der Waals surface area (Å²) in [4.78, 5) is 0. The van der Waals surface area contributed by atoms with E-state index in [-0.39, 0.29) is 6.67 Å². The van der Waals surface area contributed by atoms with Crippen molar-refractivity contribution in [3.8, 4) is 0 Å². The van der Waals surface area contributed by atoms with Crippen LogP contribution in [-0.2, 0) is 6.42 Å². The van der Waals surface area contributed by atoms with E-state index >= 15 is 0 Å². The highest BCUT2D eigenvalue weighted by Gasteiger charge is 2.22. The van der Waals surface area contributed by atoms with Crippen LogP contribution < -0.4 is 0 Å². The molecule has 0 aliphatic heterocycles. The molecule has 0 saturated heterocycles. The molecule has 26 heavy (non-hydrogen) atoms. The molecule has 0 atom stereocenters. The second-order valence-corrected chi connectivity index (χ2v) is 7.21. The van der Waals surface area contributed by atoms with Crippen molar-refractivity contribution >= 4 is 0 Å². The van der Waals surface area contributed by atoms with E-state index in [1.54, 1.807) is 0 Å². The summed E-state index contributed by atoms with van der Waals surface area (Å²) in [7, 11) is 0. The van der Waals surface area contributed by atoms with Crippen LogP contribution in [0.15, 0.2) is 24.3 Å². The van der Waals surface area contributed by atoms with Crippen molar-refractivity contribution in [1.29, 1.82) is 0 Å². The molecule has 0 spiro atoms. The number of rotatable bonds is 9. The summed E-state index contributed by atoms with van der Waals surface area (Å²) in [6.45, 7) is -0.252. The molecule has 0 radical (unpaired) electrons. The molecule has 0 unspecified atom stereocenters. The lowest BCUT2D eigenvalue weighted by Gasteiger charge is -2.26. The number of benzene rings is 1. The number of alkyl halides is 3. The summed E-state index contributed by atoms with van der Waals surface area (Å²) in [6, 6.07) is 2.08. The van der Waals surface area contributed by atoms with Crippen LogP contribution in [0.4, 0.5) is 22.0 Å². The SMILES string of the molecule is FCCCCC=C[C@H]1CC[C@H](CCc2cc(F)c(C(F)F)c(F)c2)CC1. The maximum atomic E-state index is 13.6. The molecular formula is C21H27F5. The highest BCUT2D eigenvalue weighted by molar-refractivity contribution is 5.27. The van der Waals surface area contributed by atoms with Crippen molar-refractivity contribution < 1.29 is 22.0 Å². The van der Waals surface area contributed by atoms with Gasteiger partial charge in [0.25, 0.3) is 6.43 Å². The number of aryl methyl sites for hydroxylation is 1. The molecule has 0 aromatic heterocycles. The fraction of sp³-hybridized carbons (Fsp3) is 0.619. The minimum atomic E-state index is -3.13. The van der Waals surface area contributed by atoms with Crippen LogP contribution >= 0.6 is 0 Å². The van der Waals surface area contributed by atoms with E-state index in [1.807, 2.05) is 0 Å². The molecule has 146 valence electrons. The minimum Gasteiger partial charge on any atom is -0.251 e. The van der Waals surface area contributed by atoms with Gasteiger partial charge in [0.2, 0.25) is 0 Å². The van der Waals surface area contributed by atoms with Crippen LogP contribution in [-0.4, -0.2) is 6.67 Å². The summed E-state index contributed by atoms with van der Waals surface area (Å²) >= 11 is 0. The van der Waals surface area contributed by atoms with Crippen molar-refractivity contribution in [2.24, 2.45) is 11.8 Å². The van der Waals surface area contributed by atoms with Crippen LogP contribution in [0, 0.1) is 23.5 Å². The Bertz CT molecular complexity index is 551. The molecule has 1 fully saturated rings. The first-order valence-corrected chi connectivity index (χ1v) is 9.49. The van der Waals surface area contributed by atoms with E-state index in [0.29, 0.717) is 30.2 Å². The molecule has 1 aliphatic rings. The minimum absolute atomic E-state index is 0.252. The molecule has 0 heterocycles. The maximum absolute atomic E-state index is 13.6. The number of unbranched alkanes of at least 4 members (excludes halogenated alkanes) is 2. The van der Waals surface area contributed by atoms with Crippen molar-refractivity contribution in [2.75, 3.05) is 6.67 Å². The molecule has 0 nitrogen and oxygen atoms in total. The Labute approximate surface area is 152 Å². The van der Waals surface area contributed by atoms with Gasteiger partial charge in [-0.15, -0.1) is 0 Å². The fourth-order valence-electron chi connectivity index (χ4n) is 3.68. The van der Waals surface area contributed by atoms with E-state index in [2.05, 4.69) is 12.2 Å². The van der Waals surface area contributed by atoms with Crippen LogP contribution in [0.1, 0.15) is 68.9 Å². The van der Waals surface area contributed by atoms with E-state index in [9.17, 15) is 22.0 Å². The summed E-state index contributed by atoms with van der Waals surface area (Å²) in [5.74, 6) is -1.24. The Morgan fingerprint density at radius 2 is 1.65 bits per heavy atom. The van der Waals surface area contributed by atoms with Gasteiger partial charge in [-0.3, -0.25) is 4.39 Å². The van der Waals surface area contributed by atoms with Gasteiger partial charge in [0.1, 0.15) is 11.6 Å². The largest absolute Gasteiger partial charge is 0.269 e. The molecule has 1 aromatic rings. The zero-order valence-electron chi connectivity index (χ0n) is 15.0. The van der Waals surface area contributed by atoms with E-state index in [4.69, 9.17) is 0 Å². The second-order valence-electron chi connectivity index (χ2n) is 7.21. The van der Waals surface area contributed by atoms with Crippen molar-refractivity contribution in [3.05, 3.63) is 47.0 Å². The first-order chi connectivity index (χ1) is 12.5. The lowest BCUT2D eigenvalue weighted by atomic mass is 9.79. The van der Waals surface area contributed by atoms with E-state index in [1.165, 1.54) is 0 Å². The van der Waals surface area contributed by atoms with Crippen LogP contribution in [0.25, 0.3) is 0 Å². The maximum Gasteiger partial charge on any atom is 0.269 e. The standard InChI is InChI=1S/C21H27F5/c22-12-4-2-1-3-5-15-6-8-16(9-7-15)10-11-17-13-18(23)20(21(25)26)19(24)14-17/h3,5,13-16,21H,1-2,4,6-12H2/t15-,16-. The first kappa shape index (κ1) is 20.9. The van der Waals surface area contributed by atoms with Gasteiger partial charge in [-0.25, -0.2) is 17.6 Å². The van der Waals surface area contributed by atoms with Gasteiger partial charge >= 0.3 is 0 Å². The van der Waals surface area contributed by atoms with Crippen molar-refractivity contribution in [3.63, 3.8) is 0 Å². The van der Waals surface area contributed by atoms with E-state index in [0.717, 1.165) is 57.1 Å². The number of halogens is 5. The van der Waals surface area contributed by atoms with Crippen LogP contribution in [0.2, 0.25) is 0 Å². The molecule has 0 N–H and O–H groups in total. The molecule has 1 aliphatic carbocycles. The zero-order chi connectivity index (χ0) is 18.9. The Morgan fingerprint density at radius 1 is 1.00 bits per heavy atom. The molecule has 1 saturated carbocycles. The lowest BCUT2D eigenvalue weighted by molar-refractivity contribution is 0.141. The molecular weight excluding hydrogens is 347 g/mol. The monoisotopic (exact) mass is 374 g/mol. The lowest BCUT2D eigenvalue weighted by Crippen LogP contribution is -2.14. The van der Waals surface area contributed by atoms with E-state index < -0.39 is 23.6 Å². The van der Waals surface area contributed by atoms with Gasteiger partial charge in [-0.1, -0.05) is 12.2 Å². The van der Waals surface area contributed by atoms with Gasteiger partial charge in [0.05, 0.1) is 12.2 Å². The molecule has 5 heteroatoms. The van der Waals surface area contributed by atoms with Crippen molar-refractivity contribution in [1.82, 2.24) is 0 Å². The predicted octanol–water partition coefficient (Wildman–Crippen LogP) is 7.34. The van der Waals surface area contributed by atoms with Gasteiger partial charge in [-0.2, -0.15) is 0 Å². The quantitative estimate of drug-likeness (QED) is 0.241.